The lowest BCUT2D eigenvalue weighted by atomic mass is 9.89. The molecule has 1 amide bonds. The zero-order valence-corrected chi connectivity index (χ0v) is 14.3. The largest absolute Gasteiger partial charge is 0.350 e. The molecule has 6 heteroatoms. The first-order valence-corrected chi connectivity index (χ1v) is 8.93. The molecule has 122 valence electrons. The van der Waals surface area contributed by atoms with Gasteiger partial charge in [-0.3, -0.25) is 4.79 Å². The van der Waals surface area contributed by atoms with Crippen LogP contribution in [0.25, 0.3) is 10.2 Å². The van der Waals surface area contributed by atoms with E-state index in [1.165, 1.54) is 12.8 Å². The molecule has 2 atom stereocenters. The van der Waals surface area contributed by atoms with Crippen molar-refractivity contribution in [2.45, 2.75) is 45.6 Å². The summed E-state index contributed by atoms with van der Waals surface area (Å²) in [6, 6.07) is 7.57. The van der Waals surface area contributed by atoms with Crippen LogP contribution >= 0.6 is 11.3 Å². The average molecular weight is 330 g/mol. The molecule has 1 aromatic heterocycles. The second kappa shape index (κ2) is 7.08. The molecule has 0 radical (unpaired) electrons. The molecular formula is C17H22N4OS. The van der Waals surface area contributed by atoms with Crippen LogP contribution in [0, 0.1) is 5.92 Å². The number of anilines is 1. The number of fused-ring (bicyclic) bond motifs is 1. The topological polar surface area (TPSA) is 66.4 Å². The molecule has 2 N–H and O–H groups in total. The molecule has 0 bridgehead atoms. The van der Waals surface area contributed by atoms with E-state index in [1.807, 2.05) is 31.2 Å². The SMILES string of the molecule is C[C@@H]1CCCCC1=NNC(=O)[C@H](C)Nc1nc2ccccc2s1. The number of hydrogen-bond acceptors (Lipinski definition) is 5. The van der Waals surface area contributed by atoms with Crippen LogP contribution < -0.4 is 10.7 Å². The number of hydrazone groups is 1. The highest BCUT2D eigenvalue weighted by Crippen LogP contribution is 2.25. The minimum Gasteiger partial charge on any atom is -0.350 e. The van der Waals surface area contributed by atoms with Crippen molar-refractivity contribution in [2.24, 2.45) is 11.0 Å². The Morgan fingerprint density at radius 2 is 2.22 bits per heavy atom. The highest BCUT2D eigenvalue weighted by Gasteiger charge is 2.18. The Kier molecular flexibility index (Phi) is 4.91. The van der Waals surface area contributed by atoms with E-state index in [0.717, 1.165) is 33.9 Å². The van der Waals surface area contributed by atoms with Gasteiger partial charge in [-0.2, -0.15) is 5.10 Å². The Labute approximate surface area is 140 Å². The summed E-state index contributed by atoms with van der Waals surface area (Å²) < 4.78 is 1.11. The zero-order chi connectivity index (χ0) is 16.2. The molecule has 23 heavy (non-hydrogen) atoms. The van der Waals surface area contributed by atoms with Crippen LogP contribution in [0.2, 0.25) is 0 Å². The van der Waals surface area contributed by atoms with Gasteiger partial charge in [-0.25, -0.2) is 10.4 Å². The van der Waals surface area contributed by atoms with Crippen LogP contribution in [0.3, 0.4) is 0 Å². The standard InChI is InChI=1S/C17H22N4OS/c1-11-7-3-4-8-13(11)20-21-16(22)12(2)18-17-19-14-9-5-6-10-15(14)23-17/h5-6,9-12H,3-4,7-8H2,1-2H3,(H,18,19)(H,21,22)/t11-,12+/m1/s1. The lowest BCUT2D eigenvalue weighted by Crippen LogP contribution is -2.36. The number of nitrogens with zero attached hydrogens (tertiary/aromatic N) is 2. The summed E-state index contributed by atoms with van der Waals surface area (Å²) in [6.07, 6.45) is 4.57. The number of thiazole rings is 1. The van der Waals surface area contributed by atoms with Crippen LogP contribution in [-0.4, -0.2) is 22.6 Å². The molecule has 3 rings (SSSR count). The van der Waals surface area contributed by atoms with Gasteiger partial charge in [-0.1, -0.05) is 36.8 Å². The fourth-order valence-electron chi connectivity index (χ4n) is 2.74. The first-order valence-electron chi connectivity index (χ1n) is 8.12. The summed E-state index contributed by atoms with van der Waals surface area (Å²) in [7, 11) is 0. The zero-order valence-electron chi connectivity index (χ0n) is 13.5. The van der Waals surface area contributed by atoms with E-state index in [0.29, 0.717) is 5.92 Å². The van der Waals surface area contributed by atoms with Crippen molar-refractivity contribution in [3.8, 4) is 0 Å². The number of carbonyl (C=O) groups excluding carboxylic acids is 1. The van der Waals surface area contributed by atoms with Gasteiger partial charge < -0.3 is 5.32 Å². The summed E-state index contributed by atoms with van der Waals surface area (Å²) >= 11 is 1.55. The van der Waals surface area contributed by atoms with Crippen molar-refractivity contribution in [1.29, 1.82) is 0 Å². The van der Waals surface area contributed by atoms with E-state index < -0.39 is 0 Å². The molecule has 2 aromatic rings. The lowest BCUT2D eigenvalue weighted by Gasteiger charge is -2.20. The lowest BCUT2D eigenvalue weighted by molar-refractivity contribution is -0.121. The van der Waals surface area contributed by atoms with Gasteiger partial charge in [0.1, 0.15) is 6.04 Å². The van der Waals surface area contributed by atoms with Crippen molar-refractivity contribution in [3.05, 3.63) is 24.3 Å². The van der Waals surface area contributed by atoms with Gasteiger partial charge in [0.2, 0.25) is 0 Å². The molecule has 0 spiro atoms. The fourth-order valence-corrected chi connectivity index (χ4v) is 3.70. The quantitative estimate of drug-likeness (QED) is 0.838. The van der Waals surface area contributed by atoms with Crippen molar-refractivity contribution in [3.63, 3.8) is 0 Å². The van der Waals surface area contributed by atoms with Gasteiger partial charge >= 0.3 is 0 Å². The summed E-state index contributed by atoms with van der Waals surface area (Å²) in [5, 5.41) is 8.24. The Morgan fingerprint density at radius 1 is 1.39 bits per heavy atom. The molecule has 1 saturated carbocycles. The number of para-hydroxylation sites is 1. The number of rotatable bonds is 4. The van der Waals surface area contributed by atoms with Gasteiger partial charge in [-0.05, 0) is 44.2 Å². The van der Waals surface area contributed by atoms with Gasteiger partial charge in [0.25, 0.3) is 5.91 Å². The summed E-state index contributed by atoms with van der Waals surface area (Å²) in [6.45, 7) is 4.00. The van der Waals surface area contributed by atoms with E-state index in [9.17, 15) is 4.79 Å². The maximum absolute atomic E-state index is 12.2. The van der Waals surface area contributed by atoms with Crippen LogP contribution in [0.1, 0.15) is 39.5 Å². The average Bonchev–Trinajstić information content (AvgIpc) is 2.96. The predicted octanol–water partition coefficient (Wildman–Crippen LogP) is 3.78. The van der Waals surface area contributed by atoms with Gasteiger partial charge in [0, 0.05) is 5.71 Å². The second-order valence-corrected chi connectivity index (χ2v) is 7.11. The molecule has 0 saturated heterocycles. The van der Waals surface area contributed by atoms with E-state index in [4.69, 9.17) is 0 Å². The summed E-state index contributed by atoms with van der Waals surface area (Å²) in [5.41, 5.74) is 4.76. The van der Waals surface area contributed by atoms with Crippen LogP contribution in [0.15, 0.2) is 29.4 Å². The van der Waals surface area contributed by atoms with E-state index in [1.54, 1.807) is 11.3 Å². The maximum atomic E-state index is 12.2. The molecule has 1 fully saturated rings. The Hall–Kier alpha value is -1.95. The minimum atomic E-state index is -0.376. The third-order valence-electron chi connectivity index (χ3n) is 4.23. The van der Waals surface area contributed by atoms with Gasteiger partial charge in [-0.15, -0.1) is 0 Å². The van der Waals surface area contributed by atoms with E-state index in [-0.39, 0.29) is 11.9 Å². The molecular weight excluding hydrogens is 308 g/mol. The Bertz CT molecular complexity index is 691. The normalized spacial score (nSPS) is 21.3. The minimum absolute atomic E-state index is 0.130. The van der Waals surface area contributed by atoms with E-state index >= 15 is 0 Å². The third-order valence-corrected chi connectivity index (χ3v) is 5.19. The highest BCUT2D eigenvalue weighted by molar-refractivity contribution is 7.22. The monoisotopic (exact) mass is 330 g/mol. The Balaban J connectivity index is 1.59. The third kappa shape index (κ3) is 3.88. The summed E-state index contributed by atoms with van der Waals surface area (Å²) in [4.78, 5) is 16.7. The van der Waals surface area contributed by atoms with Crippen molar-refractivity contribution < 1.29 is 4.79 Å². The molecule has 1 heterocycles. The number of hydrogen-bond donors (Lipinski definition) is 2. The number of aromatic nitrogens is 1. The molecule has 0 aliphatic heterocycles. The molecule has 0 unspecified atom stereocenters. The first-order chi connectivity index (χ1) is 11.1. The molecule has 5 nitrogen and oxygen atoms in total. The van der Waals surface area contributed by atoms with Crippen LogP contribution in [0.4, 0.5) is 5.13 Å². The van der Waals surface area contributed by atoms with Gasteiger partial charge in [0.15, 0.2) is 5.13 Å². The predicted molar refractivity (Wildman–Crippen MR) is 95.9 cm³/mol. The summed E-state index contributed by atoms with van der Waals surface area (Å²) in [5.74, 6) is 0.339. The number of amides is 1. The number of benzene rings is 1. The smallest absolute Gasteiger partial charge is 0.262 e. The van der Waals surface area contributed by atoms with Crippen LogP contribution in [-0.2, 0) is 4.79 Å². The maximum Gasteiger partial charge on any atom is 0.262 e. The number of nitrogens with one attached hydrogen (secondary N) is 2. The van der Waals surface area contributed by atoms with E-state index in [2.05, 4.69) is 27.8 Å². The van der Waals surface area contributed by atoms with Gasteiger partial charge in [0.05, 0.1) is 10.2 Å². The highest BCUT2D eigenvalue weighted by atomic mass is 32.1. The van der Waals surface area contributed by atoms with Crippen molar-refractivity contribution in [2.75, 3.05) is 5.32 Å². The second-order valence-electron chi connectivity index (χ2n) is 6.08. The molecule has 1 aromatic carbocycles. The number of carbonyl (C=O) groups is 1. The van der Waals surface area contributed by atoms with Crippen LogP contribution in [0.5, 0.6) is 0 Å². The molecule has 1 aliphatic carbocycles. The fraction of sp³-hybridized carbons (Fsp3) is 0.471. The molecule has 1 aliphatic rings. The Morgan fingerprint density at radius 3 is 3.00 bits per heavy atom. The first kappa shape index (κ1) is 15.9. The van der Waals surface area contributed by atoms with Crippen molar-refractivity contribution in [1.82, 2.24) is 10.4 Å². The van der Waals surface area contributed by atoms with Crippen molar-refractivity contribution >= 4 is 38.3 Å².